The molecule has 0 amide bonds. The summed E-state index contributed by atoms with van der Waals surface area (Å²) in [7, 11) is 1.52. The number of hydrogen-bond acceptors (Lipinski definition) is 5. The van der Waals surface area contributed by atoms with Crippen molar-refractivity contribution in [3.8, 4) is 6.07 Å². The van der Waals surface area contributed by atoms with Crippen LogP contribution in [0.5, 0.6) is 0 Å². The Morgan fingerprint density at radius 2 is 1.82 bits per heavy atom. The van der Waals surface area contributed by atoms with Gasteiger partial charge in [-0.3, -0.25) is 0 Å². The predicted octanol–water partition coefficient (Wildman–Crippen LogP) is 7.26. The smallest absolute Gasteiger partial charge is 0.145 e. The fourth-order valence-electron chi connectivity index (χ4n) is 5.68. The standard InChI is InChI=1S/C30H32Cl2F2N4O/c1-29(2,3)15-24-30(16-35,21-13-8-17(31)14-23(21)33)25(20-6-5-7-22(32)26(20)34)27(38-24)28(39-4)37-19-11-9-18(36)10-12-19/h5-14,24-25,27-28,37-38H,15,36H2,1-4H3. The lowest BCUT2D eigenvalue weighted by Gasteiger charge is -2.38. The van der Waals surface area contributed by atoms with Crippen molar-refractivity contribution in [2.75, 3.05) is 18.2 Å². The number of methoxy groups -OCH3 is 1. The van der Waals surface area contributed by atoms with Crippen LogP contribution < -0.4 is 16.4 Å². The number of hydrogen-bond donors (Lipinski definition) is 3. The highest BCUT2D eigenvalue weighted by atomic mass is 35.5. The molecule has 1 aliphatic heterocycles. The second-order valence-corrected chi connectivity index (χ2v) is 12.0. The Morgan fingerprint density at radius 3 is 2.41 bits per heavy atom. The molecule has 0 radical (unpaired) electrons. The van der Waals surface area contributed by atoms with Gasteiger partial charge in [-0.05, 0) is 59.9 Å². The van der Waals surface area contributed by atoms with Crippen molar-refractivity contribution in [3.05, 3.63) is 93.5 Å². The molecule has 1 fully saturated rings. The molecule has 3 aromatic rings. The minimum Gasteiger partial charge on any atom is -0.399 e. The third-order valence-electron chi connectivity index (χ3n) is 7.29. The number of ether oxygens (including phenoxy) is 1. The van der Waals surface area contributed by atoms with Crippen molar-refractivity contribution in [1.82, 2.24) is 5.32 Å². The van der Waals surface area contributed by atoms with E-state index in [1.807, 2.05) is 20.8 Å². The van der Waals surface area contributed by atoms with Crippen LogP contribution in [-0.4, -0.2) is 25.4 Å². The molecular weight excluding hydrogens is 541 g/mol. The van der Waals surface area contributed by atoms with Crippen LogP contribution in [0.25, 0.3) is 0 Å². The van der Waals surface area contributed by atoms with E-state index in [1.165, 1.54) is 25.3 Å². The van der Waals surface area contributed by atoms with E-state index in [-0.39, 0.29) is 26.6 Å². The zero-order valence-electron chi connectivity index (χ0n) is 22.2. The number of nitriles is 1. The molecule has 0 saturated carbocycles. The molecule has 1 aliphatic rings. The van der Waals surface area contributed by atoms with E-state index in [9.17, 15) is 5.26 Å². The van der Waals surface area contributed by atoms with E-state index in [1.54, 1.807) is 42.5 Å². The first kappa shape index (κ1) is 29.1. The normalized spacial score (nSPS) is 23.8. The number of anilines is 2. The van der Waals surface area contributed by atoms with Gasteiger partial charge in [-0.2, -0.15) is 5.26 Å². The number of nitrogens with zero attached hydrogens (tertiary/aromatic N) is 1. The van der Waals surface area contributed by atoms with Crippen LogP contribution in [0.3, 0.4) is 0 Å². The number of nitrogens with one attached hydrogen (secondary N) is 2. The Bertz CT molecular complexity index is 1370. The summed E-state index contributed by atoms with van der Waals surface area (Å²) in [5.74, 6) is -2.21. The average Bonchev–Trinajstić information content (AvgIpc) is 3.18. The number of rotatable bonds is 7. The molecule has 39 heavy (non-hydrogen) atoms. The average molecular weight is 574 g/mol. The maximum absolute atomic E-state index is 15.8. The second-order valence-electron chi connectivity index (χ2n) is 11.2. The monoisotopic (exact) mass is 572 g/mol. The van der Waals surface area contributed by atoms with Crippen LogP contribution in [-0.2, 0) is 10.2 Å². The fraction of sp³-hybridized carbons (Fsp3) is 0.367. The van der Waals surface area contributed by atoms with E-state index < -0.39 is 41.3 Å². The number of halogens is 4. The summed E-state index contributed by atoms with van der Waals surface area (Å²) in [5, 5.41) is 18.0. The largest absolute Gasteiger partial charge is 0.399 e. The minimum absolute atomic E-state index is 0.0885. The highest BCUT2D eigenvalue weighted by Gasteiger charge is 2.61. The lowest BCUT2D eigenvalue weighted by Crippen LogP contribution is -2.46. The van der Waals surface area contributed by atoms with Gasteiger partial charge in [0.05, 0.1) is 17.1 Å². The Hall–Kier alpha value is -2.89. The molecule has 1 heterocycles. The Labute approximate surface area is 238 Å². The lowest BCUT2D eigenvalue weighted by atomic mass is 9.62. The minimum atomic E-state index is -1.54. The Balaban J connectivity index is 1.98. The van der Waals surface area contributed by atoms with Crippen LogP contribution in [0, 0.1) is 28.4 Å². The molecule has 206 valence electrons. The van der Waals surface area contributed by atoms with Gasteiger partial charge in [0.2, 0.25) is 0 Å². The van der Waals surface area contributed by atoms with Crippen molar-refractivity contribution in [2.24, 2.45) is 5.41 Å². The van der Waals surface area contributed by atoms with Gasteiger partial charge < -0.3 is 21.1 Å². The summed E-state index contributed by atoms with van der Waals surface area (Å²) < 4.78 is 37.5. The van der Waals surface area contributed by atoms with Crippen molar-refractivity contribution >= 4 is 34.6 Å². The van der Waals surface area contributed by atoms with Crippen LogP contribution >= 0.6 is 23.2 Å². The van der Waals surface area contributed by atoms with Crippen molar-refractivity contribution in [2.45, 2.75) is 56.8 Å². The number of nitrogen functional groups attached to an aromatic ring is 1. The molecule has 4 N–H and O–H groups in total. The van der Waals surface area contributed by atoms with Gasteiger partial charge in [0, 0.05) is 41.0 Å². The zero-order valence-corrected chi connectivity index (χ0v) is 23.7. The first-order chi connectivity index (χ1) is 18.4. The molecule has 0 spiro atoms. The van der Waals surface area contributed by atoms with E-state index >= 15 is 8.78 Å². The maximum Gasteiger partial charge on any atom is 0.145 e. The molecule has 1 saturated heterocycles. The van der Waals surface area contributed by atoms with Crippen LogP contribution in [0.4, 0.5) is 20.2 Å². The zero-order chi connectivity index (χ0) is 28.5. The predicted molar refractivity (Wildman–Crippen MR) is 153 cm³/mol. The summed E-state index contributed by atoms with van der Waals surface area (Å²) in [5.41, 5.74) is 5.67. The van der Waals surface area contributed by atoms with E-state index in [0.717, 1.165) is 0 Å². The Kier molecular flexibility index (Phi) is 8.44. The van der Waals surface area contributed by atoms with Crippen LogP contribution in [0.15, 0.2) is 60.7 Å². The molecule has 0 aromatic heterocycles. The molecule has 9 heteroatoms. The van der Waals surface area contributed by atoms with E-state index in [2.05, 4.69) is 16.7 Å². The molecule has 5 atom stereocenters. The van der Waals surface area contributed by atoms with E-state index in [4.69, 9.17) is 33.7 Å². The van der Waals surface area contributed by atoms with Gasteiger partial charge in [0.25, 0.3) is 0 Å². The molecule has 4 rings (SSSR count). The van der Waals surface area contributed by atoms with Crippen molar-refractivity contribution in [3.63, 3.8) is 0 Å². The summed E-state index contributed by atoms with van der Waals surface area (Å²) in [6.45, 7) is 6.12. The van der Waals surface area contributed by atoms with Gasteiger partial charge in [0.1, 0.15) is 23.3 Å². The number of nitrogens with two attached hydrogens (primary N) is 1. The van der Waals surface area contributed by atoms with Gasteiger partial charge >= 0.3 is 0 Å². The molecule has 3 aromatic carbocycles. The van der Waals surface area contributed by atoms with Gasteiger partial charge in [-0.1, -0.05) is 62.2 Å². The molecule has 0 bridgehead atoms. The second kappa shape index (κ2) is 11.3. The van der Waals surface area contributed by atoms with Gasteiger partial charge in [-0.25, -0.2) is 8.78 Å². The summed E-state index contributed by atoms with van der Waals surface area (Å²) >= 11 is 12.3. The fourth-order valence-corrected chi connectivity index (χ4v) is 6.02. The lowest BCUT2D eigenvalue weighted by molar-refractivity contribution is 0.0876. The first-order valence-electron chi connectivity index (χ1n) is 12.6. The van der Waals surface area contributed by atoms with Gasteiger partial charge in [0.15, 0.2) is 0 Å². The van der Waals surface area contributed by atoms with Crippen molar-refractivity contribution in [1.29, 1.82) is 5.26 Å². The first-order valence-corrected chi connectivity index (χ1v) is 13.4. The number of benzene rings is 3. The Morgan fingerprint density at radius 1 is 1.13 bits per heavy atom. The molecule has 5 unspecified atom stereocenters. The van der Waals surface area contributed by atoms with Crippen LogP contribution in [0.1, 0.15) is 44.2 Å². The summed E-state index contributed by atoms with van der Waals surface area (Å²) in [6.07, 6.45) is -0.263. The third kappa shape index (κ3) is 5.71. The third-order valence-corrected chi connectivity index (χ3v) is 7.81. The summed E-state index contributed by atoms with van der Waals surface area (Å²) in [4.78, 5) is 0. The quantitative estimate of drug-likeness (QED) is 0.205. The summed E-state index contributed by atoms with van der Waals surface area (Å²) in [6, 6.07) is 17.2. The SMILES string of the molecule is COC(Nc1ccc(N)cc1)C1NC(CC(C)(C)C)C(C#N)(c2ccc(Cl)cc2F)C1c1cccc(Cl)c1F. The highest BCUT2D eigenvalue weighted by molar-refractivity contribution is 6.31. The van der Waals surface area contributed by atoms with Crippen LogP contribution in [0.2, 0.25) is 10.0 Å². The molecule has 0 aliphatic carbocycles. The van der Waals surface area contributed by atoms with Gasteiger partial charge in [-0.15, -0.1) is 0 Å². The highest BCUT2D eigenvalue weighted by Crippen LogP contribution is 2.53. The van der Waals surface area contributed by atoms with Crippen molar-refractivity contribution < 1.29 is 13.5 Å². The molecule has 5 nitrogen and oxygen atoms in total. The topological polar surface area (TPSA) is 83.1 Å². The van der Waals surface area contributed by atoms with E-state index in [0.29, 0.717) is 17.8 Å². The molecular formula is C30H32Cl2F2N4O. The maximum atomic E-state index is 15.8.